The van der Waals surface area contributed by atoms with Crippen molar-refractivity contribution >= 4 is 29.1 Å². The molecule has 2 aromatic carbocycles. The molecule has 8 nitrogen and oxygen atoms in total. The Balaban J connectivity index is 1.20. The third kappa shape index (κ3) is 5.05. The number of likely N-dealkylation sites (N-methyl/N-ethyl adjacent to an activating group) is 1. The van der Waals surface area contributed by atoms with Gasteiger partial charge in [0.05, 0.1) is 18.8 Å². The minimum Gasteiger partial charge on any atom is -0.489 e. The first-order valence-electron chi connectivity index (χ1n) is 12.8. The zero-order chi connectivity index (χ0) is 29.6. The second-order valence-electron chi connectivity index (χ2n) is 9.76. The Morgan fingerprint density at radius 3 is 2.57 bits per heavy atom. The number of ether oxygens (including phenoxy) is 1. The fraction of sp³-hybridized carbons (Fsp3) is 0.200. The van der Waals surface area contributed by atoms with Gasteiger partial charge in [0.25, 0.3) is 11.8 Å². The Labute approximate surface area is 243 Å². The van der Waals surface area contributed by atoms with Crippen LogP contribution < -0.4 is 9.64 Å². The van der Waals surface area contributed by atoms with Crippen molar-refractivity contribution in [2.45, 2.75) is 25.3 Å². The average Bonchev–Trinajstić information content (AvgIpc) is 3.42. The summed E-state index contributed by atoms with van der Waals surface area (Å²) in [5.74, 6) is 5.00. The van der Waals surface area contributed by atoms with Gasteiger partial charge in [-0.15, -0.1) is 0 Å². The number of amides is 2. The fourth-order valence-corrected chi connectivity index (χ4v) is 5.12. The third-order valence-electron chi connectivity index (χ3n) is 7.03. The van der Waals surface area contributed by atoms with E-state index in [1.54, 1.807) is 29.9 Å². The summed E-state index contributed by atoms with van der Waals surface area (Å²) < 4.78 is 46.5. The van der Waals surface area contributed by atoms with Gasteiger partial charge in [0.15, 0.2) is 5.69 Å². The molecule has 0 fully saturated rings. The zero-order valence-corrected chi connectivity index (χ0v) is 22.8. The van der Waals surface area contributed by atoms with Crippen LogP contribution in [-0.2, 0) is 24.1 Å². The average molecular weight is 592 g/mol. The van der Waals surface area contributed by atoms with Crippen LogP contribution in [0.15, 0.2) is 66.7 Å². The number of benzene rings is 2. The predicted octanol–water partition coefficient (Wildman–Crippen LogP) is 4.78. The number of aromatic nitrogens is 3. The van der Waals surface area contributed by atoms with E-state index in [0.29, 0.717) is 34.3 Å². The van der Waals surface area contributed by atoms with Gasteiger partial charge in [-0.25, -0.2) is 9.67 Å². The molecule has 0 saturated carbocycles. The molecule has 2 aliphatic rings. The van der Waals surface area contributed by atoms with Crippen molar-refractivity contribution in [3.05, 3.63) is 106 Å². The predicted molar refractivity (Wildman–Crippen MR) is 147 cm³/mol. The summed E-state index contributed by atoms with van der Waals surface area (Å²) in [7, 11) is 1.58. The highest BCUT2D eigenvalue weighted by Crippen LogP contribution is 2.36. The number of nitrogens with zero attached hydrogens (tertiary/aromatic N) is 5. The summed E-state index contributed by atoms with van der Waals surface area (Å²) in [4.78, 5) is 33.2. The van der Waals surface area contributed by atoms with Crippen molar-refractivity contribution in [1.82, 2.24) is 19.7 Å². The van der Waals surface area contributed by atoms with E-state index in [1.807, 2.05) is 30.3 Å². The number of halogens is 4. The number of rotatable bonds is 3. The van der Waals surface area contributed by atoms with Gasteiger partial charge in [-0.3, -0.25) is 9.59 Å². The van der Waals surface area contributed by atoms with Gasteiger partial charge >= 0.3 is 6.18 Å². The van der Waals surface area contributed by atoms with E-state index in [-0.39, 0.29) is 30.4 Å². The second kappa shape index (κ2) is 10.5. The number of fused-ring (bicyclic) bond motifs is 2. The largest absolute Gasteiger partial charge is 0.489 e. The van der Waals surface area contributed by atoms with Crippen LogP contribution in [0.3, 0.4) is 0 Å². The van der Waals surface area contributed by atoms with E-state index < -0.39 is 23.8 Å². The molecule has 4 aromatic rings. The maximum absolute atomic E-state index is 13.5. The zero-order valence-electron chi connectivity index (χ0n) is 22.0. The first-order chi connectivity index (χ1) is 20.1. The summed E-state index contributed by atoms with van der Waals surface area (Å²) >= 11 is 6.60. The van der Waals surface area contributed by atoms with E-state index >= 15 is 0 Å². The van der Waals surface area contributed by atoms with Crippen LogP contribution in [0.4, 0.5) is 18.9 Å². The molecule has 12 heteroatoms. The Hall–Kier alpha value is -4.82. The first kappa shape index (κ1) is 27.4. The third-order valence-corrected chi connectivity index (χ3v) is 7.46. The molecule has 1 atom stereocenters. The number of alkyl halides is 3. The molecule has 0 N–H and O–H groups in total. The maximum atomic E-state index is 13.5. The monoisotopic (exact) mass is 591 g/mol. The van der Waals surface area contributed by atoms with Crippen LogP contribution in [0, 0.1) is 11.8 Å². The normalized spacial score (nSPS) is 16.4. The lowest BCUT2D eigenvalue weighted by Gasteiger charge is -2.27. The van der Waals surface area contributed by atoms with Gasteiger partial charge in [0.1, 0.15) is 34.9 Å². The van der Waals surface area contributed by atoms with Crippen molar-refractivity contribution in [2.75, 3.05) is 18.6 Å². The van der Waals surface area contributed by atoms with E-state index in [4.69, 9.17) is 16.3 Å². The van der Waals surface area contributed by atoms with Crippen LogP contribution in [0.25, 0.3) is 0 Å². The fourth-order valence-electron chi connectivity index (χ4n) is 4.87. The lowest BCUT2D eigenvalue weighted by molar-refractivity contribution is -0.141. The molecular weight excluding hydrogens is 571 g/mol. The summed E-state index contributed by atoms with van der Waals surface area (Å²) in [6.45, 7) is 0.380. The van der Waals surface area contributed by atoms with Gasteiger partial charge in [-0.05, 0) is 41.8 Å². The van der Waals surface area contributed by atoms with Crippen LogP contribution in [0.5, 0.6) is 5.75 Å². The van der Waals surface area contributed by atoms with E-state index in [2.05, 4.69) is 21.9 Å². The molecular formula is C30H21ClF3N5O3. The van der Waals surface area contributed by atoms with Crippen molar-refractivity contribution in [3.63, 3.8) is 0 Å². The van der Waals surface area contributed by atoms with E-state index in [1.165, 1.54) is 21.9 Å². The topological polar surface area (TPSA) is 80.6 Å². The Bertz CT molecular complexity index is 1780. The van der Waals surface area contributed by atoms with E-state index in [0.717, 1.165) is 11.6 Å². The molecule has 0 saturated heterocycles. The van der Waals surface area contributed by atoms with Crippen molar-refractivity contribution in [3.8, 4) is 17.6 Å². The highest BCUT2D eigenvalue weighted by atomic mass is 35.5. The van der Waals surface area contributed by atoms with Gasteiger partial charge < -0.3 is 14.5 Å². The highest BCUT2D eigenvalue weighted by Gasteiger charge is 2.43. The molecule has 0 aliphatic carbocycles. The minimum atomic E-state index is -4.57. The van der Waals surface area contributed by atoms with E-state index in [9.17, 15) is 22.8 Å². The minimum absolute atomic E-state index is 0.0376. The second-order valence-corrected chi connectivity index (χ2v) is 10.1. The van der Waals surface area contributed by atoms with Gasteiger partial charge in [-0.1, -0.05) is 53.9 Å². The van der Waals surface area contributed by atoms with Gasteiger partial charge in [-0.2, -0.15) is 18.3 Å². The van der Waals surface area contributed by atoms with Crippen molar-refractivity contribution in [1.29, 1.82) is 0 Å². The summed E-state index contributed by atoms with van der Waals surface area (Å²) in [5.41, 5.74) is 1.57. The lowest BCUT2D eigenvalue weighted by Crippen LogP contribution is -2.49. The Kier molecular flexibility index (Phi) is 6.86. The van der Waals surface area contributed by atoms with Crippen molar-refractivity contribution < 1.29 is 27.5 Å². The number of hydrogen-bond donors (Lipinski definition) is 0. The molecule has 212 valence electrons. The molecule has 2 amide bonds. The summed E-state index contributed by atoms with van der Waals surface area (Å²) in [6, 6.07) is 17.0. The van der Waals surface area contributed by atoms with Gasteiger partial charge in [0, 0.05) is 18.2 Å². The maximum Gasteiger partial charge on any atom is 0.433 e. The molecule has 0 spiro atoms. The summed E-state index contributed by atoms with van der Waals surface area (Å²) in [6.07, 6.45) is -4.57. The lowest BCUT2D eigenvalue weighted by atomic mass is 10.1. The molecule has 42 heavy (non-hydrogen) atoms. The Morgan fingerprint density at radius 1 is 1.05 bits per heavy atom. The molecule has 6 rings (SSSR count). The number of carbonyl (C=O) groups excluding carboxylic acids is 2. The van der Waals surface area contributed by atoms with Crippen LogP contribution in [-0.4, -0.2) is 51.2 Å². The first-order valence-corrected chi connectivity index (χ1v) is 13.2. The smallest absolute Gasteiger partial charge is 0.433 e. The molecule has 2 aliphatic heterocycles. The molecule has 0 radical (unpaired) electrons. The van der Waals surface area contributed by atoms with Crippen molar-refractivity contribution in [2.24, 2.45) is 0 Å². The number of hydrogen-bond acceptors (Lipinski definition) is 5. The van der Waals surface area contributed by atoms with Crippen LogP contribution in [0.2, 0.25) is 5.15 Å². The molecule has 2 aromatic heterocycles. The van der Waals surface area contributed by atoms with Crippen LogP contribution in [0.1, 0.15) is 38.6 Å². The molecule has 0 unspecified atom stereocenters. The Morgan fingerprint density at radius 2 is 1.83 bits per heavy atom. The van der Waals surface area contributed by atoms with Crippen LogP contribution >= 0.6 is 11.6 Å². The van der Waals surface area contributed by atoms with Gasteiger partial charge in [0.2, 0.25) is 0 Å². The number of anilines is 1. The highest BCUT2D eigenvalue weighted by molar-refractivity contribution is 6.31. The SMILES string of the molecule is CN1C(=O)[C@@H](N2Cc3c(nn(Cc4ccccc4)c3Cl)C2=O)COc2cc(C#Cc3cccc(C(F)(F)F)n3)ccc21. The molecule has 4 heterocycles. The number of pyridine rings is 1. The summed E-state index contributed by atoms with van der Waals surface area (Å²) in [5, 5.41) is 4.77. The molecule has 0 bridgehead atoms. The standard InChI is InChI=1S/C30H21ClF3N5O3/c1-37-22-13-11-18(10-12-20-8-5-9-25(35-20)30(32,33)34)14-24(22)42-17-23(28(37)40)38-16-21-26(29(38)41)36-39(27(21)31)15-19-6-3-2-4-7-19/h2-9,11,13-14,23H,15-17H2,1H3/t23-/m0/s1. The number of carbonyl (C=O) groups is 2. The quantitative estimate of drug-likeness (QED) is 0.321.